The summed E-state index contributed by atoms with van der Waals surface area (Å²) in [6.45, 7) is 1.16. The van der Waals surface area contributed by atoms with E-state index in [-0.39, 0.29) is 5.97 Å². The van der Waals surface area contributed by atoms with Gasteiger partial charge in [0.2, 0.25) is 0 Å². The van der Waals surface area contributed by atoms with E-state index in [1.54, 1.807) is 24.3 Å². The molecule has 0 spiro atoms. The number of rotatable bonds is 7. The van der Waals surface area contributed by atoms with Crippen molar-refractivity contribution in [3.8, 4) is 11.5 Å². The van der Waals surface area contributed by atoms with E-state index in [0.29, 0.717) is 18.8 Å². The van der Waals surface area contributed by atoms with Crippen molar-refractivity contribution in [2.45, 2.75) is 6.42 Å². The predicted octanol–water partition coefficient (Wildman–Crippen LogP) is 3.93. The molecule has 0 aromatic heterocycles. The molecule has 5 heteroatoms. The second kappa shape index (κ2) is 8.63. The van der Waals surface area contributed by atoms with Crippen molar-refractivity contribution in [2.24, 2.45) is 0 Å². The molecular formula is C17H17IO4. The topological polar surface area (TPSA) is 44.8 Å². The van der Waals surface area contributed by atoms with Gasteiger partial charge in [0.15, 0.2) is 0 Å². The average Bonchev–Trinajstić information content (AvgIpc) is 2.56. The molecule has 0 unspecified atom stereocenters. The lowest BCUT2D eigenvalue weighted by Crippen LogP contribution is -2.05. The van der Waals surface area contributed by atoms with Crippen molar-refractivity contribution in [3.05, 3.63) is 57.7 Å². The van der Waals surface area contributed by atoms with E-state index in [2.05, 4.69) is 27.3 Å². The van der Waals surface area contributed by atoms with E-state index in [4.69, 9.17) is 9.47 Å². The van der Waals surface area contributed by atoms with Gasteiger partial charge >= 0.3 is 5.97 Å². The molecule has 2 aromatic rings. The highest BCUT2D eigenvalue weighted by atomic mass is 127. The van der Waals surface area contributed by atoms with Crippen LogP contribution in [-0.2, 0) is 4.74 Å². The van der Waals surface area contributed by atoms with Crippen LogP contribution in [0.2, 0.25) is 0 Å². The van der Waals surface area contributed by atoms with Crippen LogP contribution in [0.3, 0.4) is 0 Å². The Morgan fingerprint density at radius 3 is 1.91 bits per heavy atom. The molecule has 0 saturated carbocycles. The Labute approximate surface area is 143 Å². The highest BCUT2D eigenvalue weighted by Crippen LogP contribution is 2.15. The normalized spacial score (nSPS) is 10.1. The van der Waals surface area contributed by atoms with Gasteiger partial charge in [-0.05, 0) is 71.1 Å². The minimum atomic E-state index is -0.350. The Kier molecular flexibility index (Phi) is 6.51. The Morgan fingerprint density at radius 1 is 0.909 bits per heavy atom. The zero-order valence-electron chi connectivity index (χ0n) is 12.3. The van der Waals surface area contributed by atoms with E-state index < -0.39 is 0 Å². The maximum absolute atomic E-state index is 11.3. The molecule has 116 valence electrons. The van der Waals surface area contributed by atoms with Crippen molar-refractivity contribution in [1.82, 2.24) is 0 Å². The SMILES string of the molecule is COC(=O)c1ccc(OCCCOc2ccc(I)cc2)cc1. The van der Waals surface area contributed by atoms with Crippen LogP contribution in [0.15, 0.2) is 48.5 Å². The van der Waals surface area contributed by atoms with Crippen molar-refractivity contribution >= 4 is 28.6 Å². The molecule has 0 aliphatic carbocycles. The van der Waals surface area contributed by atoms with Crippen LogP contribution in [-0.4, -0.2) is 26.3 Å². The number of hydrogen-bond donors (Lipinski definition) is 0. The predicted molar refractivity (Wildman–Crippen MR) is 92.5 cm³/mol. The van der Waals surface area contributed by atoms with Gasteiger partial charge in [0.25, 0.3) is 0 Å². The van der Waals surface area contributed by atoms with Gasteiger partial charge in [-0.2, -0.15) is 0 Å². The highest BCUT2D eigenvalue weighted by molar-refractivity contribution is 14.1. The summed E-state index contributed by atoms with van der Waals surface area (Å²) < 4.78 is 17.0. The average molecular weight is 412 g/mol. The van der Waals surface area contributed by atoms with E-state index in [9.17, 15) is 4.79 Å². The summed E-state index contributed by atoms with van der Waals surface area (Å²) in [5.74, 6) is 1.24. The summed E-state index contributed by atoms with van der Waals surface area (Å²) in [7, 11) is 1.36. The fourth-order valence-corrected chi connectivity index (χ4v) is 2.13. The Morgan fingerprint density at radius 2 is 1.41 bits per heavy atom. The number of halogens is 1. The van der Waals surface area contributed by atoms with Gasteiger partial charge in [0, 0.05) is 9.99 Å². The largest absolute Gasteiger partial charge is 0.493 e. The van der Waals surface area contributed by atoms with Crippen LogP contribution in [0.25, 0.3) is 0 Å². The van der Waals surface area contributed by atoms with Crippen molar-refractivity contribution in [1.29, 1.82) is 0 Å². The molecule has 4 nitrogen and oxygen atoms in total. The van der Waals surface area contributed by atoms with E-state index >= 15 is 0 Å². The monoisotopic (exact) mass is 412 g/mol. The quantitative estimate of drug-likeness (QED) is 0.393. The molecule has 0 bridgehead atoms. The van der Waals surface area contributed by atoms with Crippen LogP contribution < -0.4 is 9.47 Å². The van der Waals surface area contributed by atoms with Crippen LogP contribution >= 0.6 is 22.6 Å². The molecule has 2 aromatic carbocycles. The maximum atomic E-state index is 11.3. The summed E-state index contributed by atoms with van der Waals surface area (Å²) in [4.78, 5) is 11.3. The number of carbonyl (C=O) groups excluding carboxylic acids is 1. The van der Waals surface area contributed by atoms with Gasteiger partial charge in [-0.3, -0.25) is 0 Å². The molecule has 0 heterocycles. The van der Waals surface area contributed by atoms with Gasteiger partial charge in [0.1, 0.15) is 11.5 Å². The Balaban J connectivity index is 1.68. The van der Waals surface area contributed by atoms with Gasteiger partial charge in [0.05, 0.1) is 25.9 Å². The Hall–Kier alpha value is -1.76. The summed E-state index contributed by atoms with van der Waals surface area (Å²) >= 11 is 2.26. The first kappa shape index (κ1) is 16.6. The third-order valence-corrected chi connectivity index (χ3v) is 3.63. The third-order valence-electron chi connectivity index (χ3n) is 2.92. The van der Waals surface area contributed by atoms with Crippen molar-refractivity contribution < 1.29 is 19.0 Å². The van der Waals surface area contributed by atoms with E-state index in [1.165, 1.54) is 10.7 Å². The highest BCUT2D eigenvalue weighted by Gasteiger charge is 2.04. The molecule has 0 amide bonds. The molecular weight excluding hydrogens is 395 g/mol. The fraction of sp³-hybridized carbons (Fsp3) is 0.235. The lowest BCUT2D eigenvalue weighted by molar-refractivity contribution is 0.0600. The molecule has 0 saturated heterocycles. The zero-order valence-corrected chi connectivity index (χ0v) is 14.4. The first-order chi connectivity index (χ1) is 10.7. The van der Waals surface area contributed by atoms with E-state index in [1.807, 2.05) is 24.3 Å². The zero-order chi connectivity index (χ0) is 15.8. The van der Waals surface area contributed by atoms with Crippen LogP contribution in [0, 0.1) is 3.57 Å². The van der Waals surface area contributed by atoms with Crippen LogP contribution in [0.4, 0.5) is 0 Å². The summed E-state index contributed by atoms with van der Waals surface area (Å²) in [6.07, 6.45) is 0.782. The second-order valence-corrected chi connectivity index (χ2v) is 5.77. The summed E-state index contributed by atoms with van der Waals surface area (Å²) in [6, 6.07) is 14.8. The number of benzene rings is 2. The molecule has 2 rings (SSSR count). The molecule has 0 N–H and O–H groups in total. The molecule has 0 aliphatic heterocycles. The third kappa shape index (κ3) is 5.22. The summed E-state index contributed by atoms with van der Waals surface area (Å²) in [5.41, 5.74) is 0.511. The number of carbonyl (C=O) groups is 1. The van der Waals surface area contributed by atoms with Crippen LogP contribution in [0.5, 0.6) is 11.5 Å². The standard InChI is InChI=1S/C17H17IO4/c1-20-17(19)13-3-7-15(8-4-13)21-11-2-12-22-16-9-5-14(18)6-10-16/h3-10H,2,11-12H2,1H3. The smallest absolute Gasteiger partial charge is 0.337 e. The summed E-state index contributed by atoms with van der Waals surface area (Å²) in [5, 5.41) is 0. The molecule has 0 fully saturated rings. The lowest BCUT2D eigenvalue weighted by atomic mass is 10.2. The number of methoxy groups -OCH3 is 1. The minimum Gasteiger partial charge on any atom is -0.493 e. The van der Waals surface area contributed by atoms with Crippen molar-refractivity contribution in [2.75, 3.05) is 20.3 Å². The Bertz CT molecular complexity index is 593. The van der Waals surface area contributed by atoms with Gasteiger partial charge in [-0.15, -0.1) is 0 Å². The second-order valence-electron chi connectivity index (χ2n) is 4.52. The molecule has 0 aliphatic rings. The van der Waals surface area contributed by atoms with E-state index in [0.717, 1.165) is 17.9 Å². The maximum Gasteiger partial charge on any atom is 0.337 e. The first-order valence-electron chi connectivity index (χ1n) is 6.88. The van der Waals surface area contributed by atoms with Gasteiger partial charge in [-0.25, -0.2) is 4.79 Å². The minimum absolute atomic E-state index is 0.350. The molecule has 0 radical (unpaired) electrons. The first-order valence-corrected chi connectivity index (χ1v) is 7.96. The number of ether oxygens (including phenoxy) is 3. The lowest BCUT2D eigenvalue weighted by Gasteiger charge is -2.08. The fourth-order valence-electron chi connectivity index (χ4n) is 1.77. The van der Waals surface area contributed by atoms with Crippen molar-refractivity contribution in [3.63, 3.8) is 0 Å². The molecule has 0 atom stereocenters. The number of esters is 1. The number of hydrogen-bond acceptors (Lipinski definition) is 4. The van der Waals surface area contributed by atoms with Crippen LogP contribution in [0.1, 0.15) is 16.8 Å². The van der Waals surface area contributed by atoms with Gasteiger partial charge < -0.3 is 14.2 Å². The molecule has 22 heavy (non-hydrogen) atoms. The van der Waals surface area contributed by atoms with Gasteiger partial charge in [-0.1, -0.05) is 0 Å².